The molecule has 3 unspecified atom stereocenters. The number of nitrogens with zero attached hydrogens (tertiary/aromatic N) is 2. The Morgan fingerprint density at radius 3 is 0.927 bits per heavy atom. The molecule has 0 aliphatic heterocycles. The Morgan fingerprint density at radius 2 is 0.646 bits per heavy atom. The first-order valence-electron chi connectivity index (χ1n) is 25.6. The van der Waals surface area contributed by atoms with E-state index in [1.165, 1.54) is 6.20 Å². The molecule has 0 spiro atoms. The third-order valence-corrected chi connectivity index (χ3v) is 18.9. The predicted molar refractivity (Wildman–Crippen MR) is 314 cm³/mol. The van der Waals surface area contributed by atoms with Gasteiger partial charge in [0.15, 0.2) is 0 Å². The van der Waals surface area contributed by atoms with Crippen LogP contribution in [0.5, 0.6) is 0 Å². The standard InChI is InChI=1S/3C19H17O2P.C9H6F3N3.Ru/c3*20-22(21,18-12-5-2-6-13-18)19-14-8-7-11-17(19)15-16-9-3-1-4-10-16;10-9(11,12)8-5-7(14-15-8)6-3-1-2-4-13-6;/h3*1-14H,15H2,(H,20,21);1-5H,(H,14,15);/q;;;;+3/p-3. The zero-order chi connectivity index (χ0) is 57.1. The van der Waals surface area contributed by atoms with E-state index in [1.54, 1.807) is 127 Å². The van der Waals surface area contributed by atoms with Gasteiger partial charge in [-0.15, -0.1) is 0 Å². The van der Waals surface area contributed by atoms with E-state index < -0.39 is 34.0 Å². The maximum absolute atomic E-state index is 12.9. The van der Waals surface area contributed by atoms with E-state index in [0.29, 0.717) is 56.8 Å². The molecule has 0 amide bonds. The summed E-state index contributed by atoms with van der Waals surface area (Å²) in [5, 5.41) is 7.77. The zero-order valence-electron chi connectivity index (χ0n) is 43.9. The van der Waals surface area contributed by atoms with Gasteiger partial charge in [0.1, 0.15) is 11.4 Å². The number of aromatic amines is 1. The van der Waals surface area contributed by atoms with Crippen LogP contribution in [0.15, 0.2) is 285 Å². The second kappa shape index (κ2) is 29.3. The van der Waals surface area contributed by atoms with Crippen LogP contribution in [-0.2, 0) is 58.6 Å². The molecule has 9 nitrogen and oxygen atoms in total. The van der Waals surface area contributed by atoms with Crippen LogP contribution in [0.2, 0.25) is 0 Å². The molecule has 1 radical (unpaired) electrons. The first-order chi connectivity index (χ1) is 39.1. The van der Waals surface area contributed by atoms with Gasteiger partial charge in [0, 0.05) is 38.0 Å². The Hall–Kier alpha value is -7.68. The summed E-state index contributed by atoms with van der Waals surface area (Å²) in [6.45, 7) is 0. The molecule has 11 aromatic rings. The largest absolute Gasteiger partial charge is 3.00 e. The Balaban J connectivity index is 0.000000158. The summed E-state index contributed by atoms with van der Waals surface area (Å²) in [7, 11) is -11.5. The second-order valence-electron chi connectivity index (χ2n) is 18.4. The molecule has 413 valence electrons. The molecule has 2 heterocycles. The second-order valence-corrected chi connectivity index (χ2v) is 24.7. The summed E-state index contributed by atoms with van der Waals surface area (Å²) in [5.74, 6) is 0. The van der Waals surface area contributed by atoms with Gasteiger partial charge >= 0.3 is 25.7 Å². The van der Waals surface area contributed by atoms with Crippen LogP contribution >= 0.6 is 22.1 Å². The topological polar surface area (TPSA) is 162 Å². The summed E-state index contributed by atoms with van der Waals surface area (Å²) >= 11 is 0. The molecule has 0 saturated heterocycles. The Labute approximate surface area is 488 Å². The summed E-state index contributed by atoms with van der Waals surface area (Å²) < 4.78 is 75.3. The molecule has 0 fully saturated rings. The monoisotopic (exact) mass is 1240 g/mol. The van der Waals surface area contributed by atoms with Crippen LogP contribution in [0, 0.1) is 0 Å². The summed E-state index contributed by atoms with van der Waals surface area (Å²) in [4.78, 5) is 42.5. The fourth-order valence-corrected chi connectivity index (χ4v) is 13.7. The molecule has 0 aliphatic carbocycles. The zero-order valence-corrected chi connectivity index (χ0v) is 48.4. The van der Waals surface area contributed by atoms with Gasteiger partial charge in [-0.3, -0.25) is 10.1 Å². The van der Waals surface area contributed by atoms with Gasteiger partial charge in [-0.25, -0.2) is 0 Å². The van der Waals surface area contributed by atoms with E-state index in [-0.39, 0.29) is 25.2 Å². The van der Waals surface area contributed by atoms with Gasteiger partial charge in [-0.05, 0) is 70.8 Å². The SMILES string of the molecule is FC(F)(F)c1cc(-c2ccccn2)n[nH]1.O=P([O-])(c1ccccc1)c1ccccc1Cc1ccccc1.O=P([O-])(c1ccccc1)c1ccccc1Cc1ccccc1.O=P([O-])(c1ccccc1)c1ccccc1Cc1ccccc1.[Ru+3]. The average Bonchev–Trinajstić information content (AvgIpc) is 4.04. The molecule has 11 rings (SSSR count). The maximum Gasteiger partial charge on any atom is 3.00 e. The molecule has 0 bridgehead atoms. The van der Waals surface area contributed by atoms with Crippen molar-refractivity contribution in [1.82, 2.24) is 15.2 Å². The molecule has 0 aliphatic rings. The summed E-state index contributed by atoms with van der Waals surface area (Å²) in [6, 6.07) is 83.1. The van der Waals surface area contributed by atoms with Crippen LogP contribution in [0.1, 0.15) is 39.1 Å². The van der Waals surface area contributed by atoms with E-state index in [0.717, 1.165) is 39.4 Å². The van der Waals surface area contributed by atoms with Crippen molar-refractivity contribution in [3.63, 3.8) is 0 Å². The quantitative estimate of drug-likeness (QED) is 0.0881. The minimum Gasteiger partial charge on any atom is -0.793 e. The van der Waals surface area contributed by atoms with Gasteiger partial charge in [0.25, 0.3) is 0 Å². The van der Waals surface area contributed by atoms with Gasteiger partial charge in [0.05, 0.1) is 27.8 Å². The first-order valence-corrected chi connectivity index (χ1v) is 30.5. The number of halogens is 3. The van der Waals surface area contributed by atoms with E-state index in [1.807, 2.05) is 151 Å². The molecule has 82 heavy (non-hydrogen) atoms. The number of benzene rings is 9. The van der Waals surface area contributed by atoms with Crippen LogP contribution in [0.25, 0.3) is 11.4 Å². The van der Waals surface area contributed by atoms with E-state index in [2.05, 4.69) is 10.1 Å². The summed E-state index contributed by atoms with van der Waals surface area (Å²) in [5.41, 5.74) is 5.51. The van der Waals surface area contributed by atoms with Crippen molar-refractivity contribution < 1.29 is 61.0 Å². The number of alkyl halides is 3. The Morgan fingerprint density at radius 1 is 0.366 bits per heavy atom. The fourth-order valence-electron chi connectivity index (χ4n) is 8.69. The van der Waals surface area contributed by atoms with E-state index in [4.69, 9.17) is 0 Å². The maximum atomic E-state index is 12.9. The van der Waals surface area contributed by atoms with Crippen LogP contribution in [0.4, 0.5) is 13.2 Å². The van der Waals surface area contributed by atoms with Gasteiger partial charge in [0.2, 0.25) is 0 Å². The van der Waals surface area contributed by atoms with Crippen molar-refractivity contribution in [3.8, 4) is 11.4 Å². The molecular formula is C66H54F3N3O6P3Ru. The number of rotatable bonds is 13. The minimum absolute atomic E-state index is 0. The van der Waals surface area contributed by atoms with E-state index >= 15 is 0 Å². The van der Waals surface area contributed by atoms with Crippen molar-refractivity contribution in [2.75, 3.05) is 0 Å². The number of H-pyrrole nitrogens is 1. The summed E-state index contributed by atoms with van der Waals surface area (Å²) in [6.07, 6.45) is -1.08. The van der Waals surface area contributed by atoms with Crippen molar-refractivity contribution in [2.24, 2.45) is 0 Å². The Bertz CT molecular complexity index is 3540. The third-order valence-electron chi connectivity index (χ3n) is 12.7. The molecule has 1 N–H and O–H groups in total. The predicted octanol–water partition coefficient (Wildman–Crippen LogP) is 11.1. The van der Waals surface area contributed by atoms with Crippen LogP contribution in [0.3, 0.4) is 0 Å². The molecule has 9 aromatic carbocycles. The van der Waals surface area contributed by atoms with Crippen LogP contribution < -0.4 is 46.5 Å². The number of hydrogen-bond acceptors (Lipinski definition) is 8. The van der Waals surface area contributed by atoms with Crippen molar-refractivity contribution in [3.05, 3.63) is 324 Å². The smallest absolute Gasteiger partial charge is 0.793 e. The number of pyridine rings is 1. The number of nitrogens with one attached hydrogen (secondary N) is 1. The fraction of sp³-hybridized carbons (Fsp3) is 0.0606. The molecule has 16 heteroatoms. The van der Waals surface area contributed by atoms with Crippen molar-refractivity contribution in [2.45, 2.75) is 25.4 Å². The third kappa shape index (κ3) is 16.7. The molecule has 0 saturated carbocycles. The van der Waals surface area contributed by atoms with Crippen molar-refractivity contribution >= 4 is 53.9 Å². The molecule has 3 atom stereocenters. The van der Waals surface area contributed by atoms with Crippen LogP contribution in [-0.4, -0.2) is 15.2 Å². The molecular weight excluding hydrogens is 1180 g/mol. The Kier molecular flexibility index (Phi) is 22.2. The van der Waals surface area contributed by atoms with Gasteiger partial charge in [-0.2, -0.15) is 18.3 Å². The number of aromatic nitrogens is 3. The minimum atomic E-state index is -4.40. The van der Waals surface area contributed by atoms with E-state index in [9.17, 15) is 41.5 Å². The number of hydrogen-bond donors (Lipinski definition) is 1. The average molecular weight is 1240 g/mol. The molecule has 2 aromatic heterocycles. The normalized spacial score (nSPS) is 13.0. The van der Waals surface area contributed by atoms with Gasteiger partial charge < -0.3 is 28.4 Å². The van der Waals surface area contributed by atoms with Crippen molar-refractivity contribution in [1.29, 1.82) is 0 Å². The van der Waals surface area contributed by atoms with Gasteiger partial charge in [-0.1, -0.05) is 261 Å². The first kappa shape index (κ1) is 61.9.